The number of carbonyl (C=O) groups is 2. The number of amides is 1. The van der Waals surface area contributed by atoms with Crippen LogP contribution in [0.3, 0.4) is 0 Å². The molecule has 0 radical (unpaired) electrons. The number of alkyl halides is 3. The molecule has 5 nitrogen and oxygen atoms in total. The van der Waals surface area contributed by atoms with E-state index < -0.39 is 30.0 Å². The third-order valence-electron chi connectivity index (χ3n) is 2.56. The van der Waals surface area contributed by atoms with Crippen molar-refractivity contribution in [1.29, 1.82) is 0 Å². The van der Waals surface area contributed by atoms with Crippen LogP contribution in [0, 0.1) is 5.92 Å². The molecule has 0 aromatic rings. The van der Waals surface area contributed by atoms with Gasteiger partial charge in [-0.3, -0.25) is 9.59 Å². The Balaban J connectivity index is 2.66. The van der Waals surface area contributed by atoms with Crippen molar-refractivity contribution in [2.45, 2.75) is 18.6 Å². The summed E-state index contributed by atoms with van der Waals surface area (Å²) >= 11 is 0. The molecule has 8 heteroatoms. The molecule has 0 spiro atoms. The Kier molecular flexibility index (Phi) is 4.33. The first-order chi connectivity index (χ1) is 7.86. The molecule has 1 amide bonds. The highest BCUT2D eigenvalue weighted by atomic mass is 19.4. The fourth-order valence-electron chi connectivity index (χ4n) is 1.69. The predicted octanol–water partition coefficient (Wildman–Crippen LogP) is -0.184. The van der Waals surface area contributed by atoms with Crippen molar-refractivity contribution in [2.75, 3.05) is 20.2 Å². The summed E-state index contributed by atoms with van der Waals surface area (Å²) in [4.78, 5) is 22.1. The van der Waals surface area contributed by atoms with E-state index in [0.717, 1.165) is 7.11 Å². The van der Waals surface area contributed by atoms with Gasteiger partial charge in [-0.25, -0.2) is 0 Å². The number of rotatable bonds is 2. The number of nitrogens with one attached hydrogen (secondary N) is 2. The van der Waals surface area contributed by atoms with E-state index >= 15 is 0 Å². The molecule has 0 unspecified atom stereocenters. The molecule has 2 atom stereocenters. The molecule has 1 heterocycles. The van der Waals surface area contributed by atoms with Crippen LogP contribution >= 0.6 is 0 Å². The van der Waals surface area contributed by atoms with Crippen molar-refractivity contribution < 1.29 is 27.5 Å². The maximum Gasteiger partial charge on any atom is 0.471 e. The largest absolute Gasteiger partial charge is 0.471 e. The minimum Gasteiger partial charge on any atom is -0.469 e. The van der Waals surface area contributed by atoms with Crippen LogP contribution in [-0.2, 0) is 14.3 Å². The molecule has 1 saturated heterocycles. The zero-order valence-electron chi connectivity index (χ0n) is 9.13. The normalized spacial score (nSPS) is 25.2. The van der Waals surface area contributed by atoms with Crippen molar-refractivity contribution in [1.82, 2.24) is 10.6 Å². The SMILES string of the molecule is COC(=O)[C@@H]1CCNC[C@@H]1NC(=O)C(F)(F)F. The van der Waals surface area contributed by atoms with Crippen LogP contribution in [0.1, 0.15) is 6.42 Å². The molecule has 1 rings (SSSR count). The van der Waals surface area contributed by atoms with Crippen LogP contribution in [0.4, 0.5) is 13.2 Å². The minimum absolute atomic E-state index is 0.113. The second kappa shape index (κ2) is 5.35. The second-order valence-electron chi connectivity index (χ2n) is 3.70. The van der Waals surface area contributed by atoms with Crippen LogP contribution in [0.5, 0.6) is 0 Å². The van der Waals surface area contributed by atoms with Crippen molar-refractivity contribution in [3.63, 3.8) is 0 Å². The Morgan fingerprint density at radius 1 is 1.41 bits per heavy atom. The maximum atomic E-state index is 12.1. The summed E-state index contributed by atoms with van der Waals surface area (Å²) in [6.45, 7) is 0.611. The minimum atomic E-state index is -4.95. The molecule has 0 saturated carbocycles. The summed E-state index contributed by atoms with van der Waals surface area (Å²) in [5, 5.41) is 4.61. The summed E-state index contributed by atoms with van der Waals surface area (Å²) in [6.07, 6.45) is -4.62. The Labute approximate surface area is 95.7 Å². The summed E-state index contributed by atoms with van der Waals surface area (Å²) in [6, 6.07) is -0.898. The van der Waals surface area contributed by atoms with Crippen molar-refractivity contribution in [3.05, 3.63) is 0 Å². The van der Waals surface area contributed by atoms with Gasteiger partial charge in [-0.15, -0.1) is 0 Å². The second-order valence-corrected chi connectivity index (χ2v) is 3.70. The monoisotopic (exact) mass is 254 g/mol. The van der Waals surface area contributed by atoms with Crippen molar-refractivity contribution >= 4 is 11.9 Å². The van der Waals surface area contributed by atoms with E-state index in [1.165, 1.54) is 0 Å². The van der Waals surface area contributed by atoms with Crippen LogP contribution in [0.2, 0.25) is 0 Å². The first kappa shape index (κ1) is 13.8. The Morgan fingerprint density at radius 2 is 2.06 bits per heavy atom. The number of carbonyl (C=O) groups excluding carboxylic acids is 2. The molecule has 0 aromatic heterocycles. The van der Waals surface area contributed by atoms with Gasteiger partial charge in [-0.1, -0.05) is 0 Å². The maximum absolute atomic E-state index is 12.1. The zero-order valence-corrected chi connectivity index (χ0v) is 9.13. The number of esters is 1. The fraction of sp³-hybridized carbons (Fsp3) is 0.778. The lowest BCUT2D eigenvalue weighted by atomic mass is 9.92. The number of hydrogen-bond acceptors (Lipinski definition) is 4. The molecular formula is C9H13F3N2O3. The van der Waals surface area contributed by atoms with Gasteiger partial charge in [0.2, 0.25) is 0 Å². The molecule has 17 heavy (non-hydrogen) atoms. The van der Waals surface area contributed by atoms with Gasteiger partial charge in [-0.05, 0) is 13.0 Å². The third-order valence-corrected chi connectivity index (χ3v) is 2.56. The summed E-state index contributed by atoms with van der Waals surface area (Å²) in [7, 11) is 1.16. The lowest BCUT2D eigenvalue weighted by Crippen LogP contribution is -2.56. The molecule has 1 aliphatic heterocycles. The molecule has 1 fully saturated rings. The van der Waals surface area contributed by atoms with E-state index in [2.05, 4.69) is 10.1 Å². The molecule has 0 aliphatic carbocycles. The number of halogens is 3. The van der Waals surface area contributed by atoms with Crippen LogP contribution in [0.25, 0.3) is 0 Å². The highest BCUT2D eigenvalue weighted by Crippen LogP contribution is 2.18. The quantitative estimate of drug-likeness (QED) is 0.671. The van der Waals surface area contributed by atoms with E-state index in [0.29, 0.717) is 13.0 Å². The summed E-state index contributed by atoms with van der Waals surface area (Å²) in [5.41, 5.74) is 0. The van der Waals surface area contributed by atoms with Gasteiger partial charge < -0.3 is 15.4 Å². The van der Waals surface area contributed by atoms with Crippen LogP contribution in [-0.4, -0.2) is 44.3 Å². The van der Waals surface area contributed by atoms with E-state index in [4.69, 9.17) is 0 Å². The van der Waals surface area contributed by atoms with Crippen LogP contribution < -0.4 is 10.6 Å². The molecule has 0 aromatic carbocycles. The molecule has 98 valence electrons. The Hall–Kier alpha value is -1.31. The average Bonchev–Trinajstić information content (AvgIpc) is 2.27. The van der Waals surface area contributed by atoms with E-state index in [1.807, 2.05) is 0 Å². The Bertz CT molecular complexity index is 306. The highest BCUT2D eigenvalue weighted by molar-refractivity contribution is 5.83. The van der Waals surface area contributed by atoms with Gasteiger partial charge in [0.25, 0.3) is 0 Å². The number of ether oxygens (including phenoxy) is 1. The standard InChI is InChI=1S/C9H13F3N2O3/c1-17-7(15)5-2-3-13-4-6(5)14-8(16)9(10,11)12/h5-6,13H,2-4H2,1H3,(H,14,16)/t5-,6+/m1/s1. The number of hydrogen-bond donors (Lipinski definition) is 2. The smallest absolute Gasteiger partial charge is 0.469 e. The summed E-state index contributed by atoms with van der Waals surface area (Å²) < 4.78 is 40.7. The van der Waals surface area contributed by atoms with E-state index in [1.54, 1.807) is 5.32 Å². The fourth-order valence-corrected chi connectivity index (χ4v) is 1.69. The van der Waals surface area contributed by atoms with Gasteiger partial charge in [0.05, 0.1) is 19.1 Å². The molecular weight excluding hydrogens is 241 g/mol. The first-order valence-electron chi connectivity index (χ1n) is 5.02. The van der Waals surface area contributed by atoms with E-state index in [-0.39, 0.29) is 6.54 Å². The number of piperidine rings is 1. The van der Waals surface area contributed by atoms with Crippen molar-refractivity contribution in [3.8, 4) is 0 Å². The third kappa shape index (κ3) is 3.58. The van der Waals surface area contributed by atoms with Gasteiger partial charge in [0, 0.05) is 6.54 Å². The lowest BCUT2D eigenvalue weighted by molar-refractivity contribution is -0.175. The van der Waals surface area contributed by atoms with Gasteiger partial charge >= 0.3 is 18.1 Å². The zero-order chi connectivity index (χ0) is 13.1. The summed E-state index contributed by atoms with van der Waals surface area (Å²) in [5.74, 6) is -3.40. The highest BCUT2D eigenvalue weighted by Gasteiger charge is 2.42. The lowest BCUT2D eigenvalue weighted by Gasteiger charge is -2.30. The van der Waals surface area contributed by atoms with Gasteiger partial charge in [0.1, 0.15) is 0 Å². The topological polar surface area (TPSA) is 67.4 Å². The van der Waals surface area contributed by atoms with E-state index in [9.17, 15) is 22.8 Å². The molecule has 2 N–H and O–H groups in total. The van der Waals surface area contributed by atoms with Gasteiger partial charge in [0.15, 0.2) is 0 Å². The van der Waals surface area contributed by atoms with Crippen molar-refractivity contribution in [2.24, 2.45) is 5.92 Å². The first-order valence-corrected chi connectivity index (χ1v) is 5.02. The predicted molar refractivity (Wildman–Crippen MR) is 51.0 cm³/mol. The molecule has 1 aliphatic rings. The number of methoxy groups -OCH3 is 1. The van der Waals surface area contributed by atoms with Gasteiger partial charge in [-0.2, -0.15) is 13.2 Å². The van der Waals surface area contributed by atoms with Crippen LogP contribution in [0.15, 0.2) is 0 Å². The average molecular weight is 254 g/mol. The Morgan fingerprint density at radius 3 is 2.59 bits per heavy atom. The molecule has 0 bridgehead atoms.